The van der Waals surface area contributed by atoms with Crippen molar-refractivity contribution in [2.45, 2.75) is 76.9 Å². The Labute approximate surface area is 378 Å². The number of nitrogens with zero attached hydrogens (tertiary/aromatic N) is 2. The molecule has 3 aromatic heterocycles. The number of hydrogen-bond donors (Lipinski definition) is 4. The first-order valence-electron chi connectivity index (χ1n) is 21.4. The molecule has 8 bridgehead atoms. The molecule has 2 aromatic carbocycles. The van der Waals surface area contributed by atoms with E-state index in [1.54, 1.807) is 0 Å². The Kier molecular flexibility index (Phi) is 15.1. The molecule has 0 aliphatic carbocycles. The summed E-state index contributed by atoms with van der Waals surface area (Å²) in [6.45, 7) is 18.0. The Balaban J connectivity index is 1.19. The molecule has 0 saturated carbocycles. The van der Waals surface area contributed by atoms with Gasteiger partial charge in [0.1, 0.15) is 0 Å². The summed E-state index contributed by atoms with van der Waals surface area (Å²) in [5, 5.41) is 8.49. The topological polar surface area (TPSA) is 116 Å². The van der Waals surface area contributed by atoms with Crippen LogP contribution < -0.4 is 19.6 Å². The van der Waals surface area contributed by atoms with Gasteiger partial charge in [0.05, 0.1) is 0 Å². The summed E-state index contributed by atoms with van der Waals surface area (Å²) in [4.78, 5) is 44.4. The van der Waals surface area contributed by atoms with E-state index in [1.165, 1.54) is 8.92 Å². The average Bonchev–Trinajstić information content (AvgIpc) is 3.94. The standard InChI is InChI=1S/C52H56N6O2Se2/c1-7-39-33(3)43-29-44-35(5)41(21-23-51(59)53-25-15-27-61-37-17-11-9-12-18-37)49(57-44)32-50-42(22-24-52(60)54-26-16-28-62-38-19-13-10-14-20-38)36(6)46(58-50)31-48-40(8-2)34(4)45(56-48)30-47(39)55-43/h7-14,17-20,29-32,55-56H,1-2,15-16,21-28H2,3-6H3,(H,53,59)(H,54,60). The molecular weight excluding hydrogens is 899 g/mol. The minimum Gasteiger partial charge on any atom is -0.0984 e. The molecule has 5 heterocycles. The number of fused-ring (bicyclic) bond motifs is 8. The van der Waals surface area contributed by atoms with Crippen molar-refractivity contribution in [3.8, 4) is 0 Å². The second-order valence-electron chi connectivity index (χ2n) is 15.7. The molecule has 5 aromatic rings. The van der Waals surface area contributed by atoms with Crippen LogP contribution in [0.1, 0.15) is 97.4 Å². The quantitative estimate of drug-likeness (QED) is 0.0518. The van der Waals surface area contributed by atoms with E-state index in [-0.39, 0.29) is 11.8 Å². The molecule has 0 atom stereocenters. The van der Waals surface area contributed by atoms with Crippen LogP contribution in [0.4, 0.5) is 0 Å². The van der Waals surface area contributed by atoms with Gasteiger partial charge in [-0.05, 0) is 31.0 Å². The van der Waals surface area contributed by atoms with E-state index in [0.29, 0.717) is 68.7 Å². The van der Waals surface area contributed by atoms with Gasteiger partial charge in [-0.3, -0.25) is 0 Å². The van der Waals surface area contributed by atoms with Gasteiger partial charge < -0.3 is 9.97 Å². The van der Waals surface area contributed by atoms with E-state index in [9.17, 15) is 9.59 Å². The largest absolute Gasteiger partial charge is 0.0984 e. The molecule has 8 nitrogen and oxygen atoms in total. The van der Waals surface area contributed by atoms with Crippen LogP contribution >= 0.6 is 0 Å². The molecule has 62 heavy (non-hydrogen) atoms. The van der Waals surface area contributed by atoms with Crippen LogP contribution in [0.25, 0.3) is 56.5 Å². The molecule has 4 N–H and O–H groups in total. The van der Waals surface area contributed by atoms with E-state index in [0.717, 1.165) is 113 Å². The Hall–Kier alpha value is -5.50. The molecule has 0 spiro atoms. The van der Waals surface area contributed by atoms with Crippen LogP contribution in [0.2, 0.25) is 10.6 Å². The van der Waals surface area contributed by atoms with Crippen molar-refractivity contribution in [3.05, 3.63) is 143 Å². The number of allylic oxidation sites excluding steroid dienone is 4. The van der Waals surface area contributed by atoms with E-state index in [2.05, 4.69) is 134 Å². The van der Waals surface area contributed by atoms with E-state index < -0.39 is 0 Å². The van der Waals surface area contributed by atoms with Crippen LogP contribution in [0.15, 0.2) is 98.1 Å². The monoisotopic (exact) mass is 956 g/mol. The number of carbonyl (C=O) groups is 2. The third kappa shape index (κ3) is 10.7. The fourth-order valence-corrected chi connectivity index (χ4v) is 11.6. The summed E-state index contributed by atoms with van der Waals surface area (Å²) in [6.07, 6.45) is 7.45. The second-order valence-corrected chi connectivity index (χ2v) is 20.6. The number of rotatable bonds is 18. The van der Waals surface area contributed by atoms with Crippen molar-refractivity contribution in [1.82, 2.24) is 30.6 Å². The van der Waals surface area contributed by atoms with E-state index >= 15 is 0 Å². The molecule has 0 unspecified atom stereocenters. The number of aromatic nitrogens is 4. The normalized spacial score (nSPS) is 12.5. The summed E-state index contributed by atoms with van der Waals surface area (Å²) < 4.78 is 2.76. The number of amides is 2. The predicted molar refractivity (Wildman–Crippen MR) is 263 cm³/mol. The molecule has 2 aliphatic heterocycles. The number of nitrogens with one attached hydrogen (secondary N) is 4. The number of aryl methyl sites for hydroxylation is 2. The molecule has 7 rings (SSSR count). The van der Waals surface area contributed by atoms with E-state index in [4.69, 9.17) is 9.97 Å². The number of H-pyrrole nitrogens is 2. The zero-order valence-corrected chi connectivity index (χ0v) is 39.7. The molecule has 10 heteroatoms. The molecule has 2 amide bonds. The molecule has 0 radical (unpaired) electrons. The van der Waals surface area contributed by atoms with Crippen LogP contribution in [0.5, 0.6) is 0 Å². The van der Waals surface area contributed by atoms with Gasteiger partial charge in [-0.25, -0.2) is 0 Å². The molecule has 318 valence electrons. The Morgan fingerprint density at radius 3 is 1.45 bits per heavy atom. The first kappa shape index (κ1) is 44.6. The zero-order valence-electron chi connectivity index (χ0n) is 36.3. The van der Waals surface area contributed by atoms with Gasteiger partial charge in [-0.15, -0.1) is 0 Å². The minimum atomic E-state index is 0.0354. The first-order chi connectivity index (χ1) is 30.1. The van der Waals surface area contributed by atoms with Crippen molar-refractivity contribution < 1.29 is 9.59 Å². The fraction of sp³-hybridized carbons (Fsp3) is 0.269. The Morgan fingerprint density at radius 2 is 1.00 bits per heavy atom. The zero-order chi connectivity index (χ0) is 43.6. The van der Waals surface area contributed by atoms with Gasteiger partial charge in [0.2, 0.25) is 0 Å². The molecule has 0 saturated heterocycles. The maximum Gasteiger partial charge on any atom is 0.00240 e. The number of hydrogen-bond acceptors (Lipinski definition) is 4. The third-order valence-corrected chi connectivity index (χ3v) is 16.2. The third-order valence-electron chi connectivity index (χ3n) is 11.6. The minimum absolute atomic E-state index is 0.0354. The predicted octanol–water partition coefficient (Wildman–Crippen LogP) is 9.55. The van der Waals surface area contributed by atoms with Crippen molar-refractivity contribution >= 4 is 107 Å². The Morgan fingerprint density at radius 1 is 0.581 bits per heavy atom. The van der Waals surface area contributed by atoms with Gasteiger partial charge in [-0.1, -0.05) is 25.3 Å². The second kappa shape index (κ2) is 21.0. The van der Waals surface area contributed by atoms with Crippen molar-refractivity contribution in [1.29, 1.82) is 0 Å². The van der Waals surface area contributed by atoms with Gasteiger partial charge in [0.25, 0.3) is 0 Å². The molecule has 0 fully saturated rings. The van der Waals surface area contributed by atoms with Gasteiger partial charge >= 0.3 is 292 Å². The number of benzene rings is 2. The average molecular weight is 955 g/mol. The van der Waals surface area contributed by atoms with Crippen molar-refractivity contribution in [2.24, 2.45) is 0 Å². The van der Waals surface area contributed by atoms with Gasteiger partial charge in [0.15, 0.2) is 0 Å². The summed E-state index contributed by atoms with van der Waals surface area (Å²) in [5.74, 6) is 0.0716. The van der Waals surface area contributed by atoms with Crippen molar-refractivity contribution in [2.75, 3.05) is 13.1 Å². The molecular formula is C52H56N6O2Se2. The summed E-state index contributed by atoms with van der Waals surface area (Å²) in [7, 11) is 0. The Bertz CT molecular complexity index is 2710. The first-order valence-corrected chi connectivity index (χ1v) is 25.6. The molecule has 2 aliphatic rings. The van der Waals surface area contributed by atoms with E-state index in [1.807, 2.05) is 24.3 Å². The maximum absolute atomic E-state index is 13.3. The van der Waals surface area contributed by atoms with Crippen LogP contribution in [-0.4, -0.2) is 74.8 Å². The summed E-state index contributed by atoms with van der Waals surface area (Å²) in [5.41, 5.74) is 15.3. The van der Waals surface area contributed by atoms with Crippen LogP contribution in [0.3, 0.4) is 0 Å². The van der Waals surface area contributed by atoms with Gasteiger partial charge in [0, 0.05) is 22.2 Å². The summed E-state index contributed by atoms with van der Waals surface area (Å²) in [6, 6.07) is 29.5. The van der Waals surface area contributed by atoms with Crippen LogP contribution in [-0.2, 0) is 9.59 Å². The smallest absolute Gasteiger partial charge is 0.00240 e. The van der Waals surface area contributed by atoms with Crippen molar-refractivity contribution in [3.63, 3.8) is 0 Å². The SMILES string of the molecule is C=Cc1c(C)c2cc3[nH]c(cc4nc(cc5nc(cc1[nH]2)C(C)=C5CCC(=O)NCCC[Se]c1ccccc1)C(CCC(=O)NCCC[Se]c1ccccc1)=C4C)c(C)c3C=C. The van der Waals surface area contributed by atoms with Crippen LogP contribution in [0, 0.1) is 13.8 Å². The van der Waals surface area contributed by atoms with Gasteiger partial charge in [-0.2, -0.15) is 0 Å². The number of aromatic amines is 2. The maximum atomic E-state index is 13.3. The fourth-order valence-electron chi connectivity index (χ4n) is 7.97. The summed E-state index contributed by atoms with van der Waals surface area (Å²) >= 11 is 0.797. The number of carbonyl (C=O) groups excluding carboxylic acids is 2.